The third-order valence-corrected chi connectivity index (χ3v) is 2.36. The first kappa shape index (κ1) is 9.83. The second kappa shape index (κ2) is 3.81. The van der Waals surface area contributed by atoms with E-state index in [0.717, 1.165) is 17.7 Å². The van der Waals surface area contributed by atoms with Crippen molar-refractivity contribution in [1.29, 1.82) is 0 Å². The third kappa shape index (κ3) is 1.75. The van der Waals surface area contributed by atoms with Gasteiger partial charge in [0.1, 0.15) is 0 Å². The molecule has 0 atom stereocenters. The average Bonchev–Trinajstić information content (AvgIpc) is 2.74. The maximum Gasteiger partial charge on any atom is 0.189 e. The Kier molecular flexibility index (Phi) is 2.49. The van der Waals surface area contributed by atoms with Crippen LogP contribution in [0.3, 0.4) is 0 Å². The molecule has 0 bridgehead atoms. The SMILES string of the molecule is CCc1cc(F)c(-n2cccn2)nc1C. The van der Waals surface area contributed by atoms with E-state index < -0.39 is 0 Å². The Morgan fingerprint density at radius 3 is 2.87 bits per heavy atom. The van der Waals surface area contributed by atoms with Crippen molar-refractivity contribution in [2.75, 3.05) is 0 Å². The minimum atomic E-state index is -0.332. The highest BCUT2D eigenvalue weighted by Crippen LogP contribution is 2.14. The van der Waals surface area contributed by atoms with E-state index in [2.05, 4.69) is 10.1 Å². The molecular formula is C11H12FN3. The van der Waals surface area contributed by atoms with Crippen LogP contribution in [0.5, 0.6) is 0 Å². The first-order valence-corrected chi connectivity index (χ1v) is 4.88. The topological polar surface area (TPSA) is 30.7 Å². The van der Waals surface area contributed by atoms with Crippen LogP contribution >= 0.6 is 0 Å². The van der Waals surface area contributed by atoms with Crippen molar-refractivity contribution < 1.29 is 4.39 Å². The summed E-state index contributed by atoms with van der Waals surface area (Å²) in [7, 11) is 0. The zero-order valence-electron chi connectivity index (χ0n) is 8.74. The maximum atomic E-state index is 13.7. The van der Waals surface area contributed by atoms with E-state index in [4.69, 9.17) is 0 Å². The Labute approximate surface area is 87.6 Å². The molecule has 15 heavy (non-hydrogen) atoms. The van der Waals surface area contributed by atoms with Crippen LogP contribution in [-0.4, -0.2) is 14.8 Å². The standard InChI is InChI=1S/C11H12FN3/c1-3-9-7-10(12)11(14-8(9)2)15-6-4-5-13-15/h4-7H,3H2,1-2H3. The molecule has 0 aromatic carbocycles. The van der Waals surface area contributed by atoms with Gasteiger partial charge in [-0.1, -0.05) is 6.92 Å². The normalized spacial score (nSPS) is 10.6. The van der Waals surface area contributed by atoms with Crippen molar-refractivity contribution in [3.05, 3.63) is 41.6 Å². The van der Waals surface area contributed by atoms with Gasteiger partial charge in [0, 0.05) is 18.1 Å². The lowest BCUT2D eigenvalue weighted by atomic mass is 10.1. The number of rotatable bonds is 2. The van der Waals surface area contributed by atoms with Crippen LogP contribution in [0.25, 0.3) is 5.82 Å². The van der Waals surface area contributed by atoms with Crippen LogP contribution < -0.4 is 0 Å². The molecule has 78 valence electrons. The Balaban J connectivity index is 2.55. The smallest absolute Gasteiger partial charge is 0.189 e. The van der Waals surface area contributed by atoms with E-state index in [-0.39, 0.29) is 11.6 Å². The van der Waals surface area contributed by atoms with Gasteiger partial charge in [-0.3, -0.25) is 0 Å². The minimum Gasteiger partial charge on any atom is -0.231 e. The number of halogens is 1. The molecule has 0 fully saturated rings. The van der Waals surface area contributed by atoms with Crippen molar-refractivity contribution in [2.24, 2.45) is 0 Å². The maximum absolute atomic E-state index is 13.7. The lowest BCUT2D eigenvalue weighted by Gasteiger charge is -2.07. The third-order valence-electron chi connectivity index (χ3n) is 2.36. The predicted octanol–water partition coefficient (Wildman–Crippen LogP) is 2.28. The molecule has 0 amide bonds. The number of hydrogen-bond acceptors (Lipinski definition) is 2. The highest BCUT2D eigenvalue weighted by atomic mass is 19.1. The Bertz CT molecular complexity index is 463. The Morgan fingerprint density at radius 2 is 2.27 bits per heavy atom. The van der Waals surface area contributed by atoms with Crippen LogP contribution in [0.4, 0.5) is 4.39 Å². The summed E-state index contributed by atoms with van der Waals surface area (Å²) in [4.78, 5) is 4.21. The number of nitrogens with zero attached hydrogens (tertiary/aromatic N) is 3. The van der Waals surface area contributed by atoms with E-state index >= 15 is 0 Å². The molecule has 0 radical (unpaired) electrons. The summed E-state index contributed by atoms with van der Waals surface area (Å²) in [5.74, 6) is -0.0733. The summed E-state index contributed by atoms with van der Waals surface area (Å²) in [6.07, 6.45) is 4.07. The summed E-state index contributed by atoms with van der Waals surface area (Å²) < 4.78 is 15.1. The average molecular weight is 205 g/mol. The summed E-state index contributed by atoms with van der Waals surface area (Å²) in [6.45, 7) is 3.86. The highest BCUT2D eigenvalue weighted by Gasteiger charge is 2.09. The van der Waals surface area contributed by atoms with E-state index in [9.17, 15) is 4.39 Å². The Morgan fingerprint density at radius 1 is 1.47 bits per heavy atom. The summed E-state index contributed by atoms with van der Waals surface area (Å²) in [6, 6.07) is 3.27. The number of hydrogen-bond donors (Lipinski definition) is 0. The molecule has 2 aromatic rings. The lowest BCUT2D eigenvalue weighted by molar-refractivity contribution is 0.596. The van der Waals surface area contributed by atoms with Crippen LogP contribution in [0.15, 0.2) is 24.5 Å². The van der Waals surface area contributed by atoms with E-state index in [1.165, 1.54) is 10.7 Å². The monoisotopic (exact) mass is 205 g/mol. The quantitative estimate of drug-likeness (QED) is 0.753. The van der Waals surface area contributed by atoms with Crippen LogP contribution in [0.2, 0.25) is 0 Å². The molecule has 2 heterocycles. The fraction of sp³-hybridized carbons (Fsp3) is 0.273. The molecule has 0 N–H and O–H groups in total. The van der Waals surface area contributed by atoms with Crippen LogP contribution in [0, 0.1) is 12.7 Å². The summed E-state index contributed by atoms with van der Waals surface area (Å²) in [5.41, 5.74) is 1.79. The molecule has 3 nitrogen and oxygen atoms in total. The van der Waals surface area contributed by atoms with Gasteiger partial charge in [-0.25, -0.2) is 14.1 Å². The van der Waals surface area contributed by atoms with Crippen molar-refractivity contribution in [1.82, 2.24) is 14.8 Å². The van der Waals surface area contributed by atoms with E-state index in [1.54, 1.807) is 18.5 Å². The Hall–Kier alpha value is -1.71. The fourth-order valence-electron chi connectivity index (χ4n) is 1.52. The van der Waals surface area contributed by atoms with Crippen molar-refractivity contribution in [3.63, 3.8) is 0 Å². The van der Waals surface area contributed by atoms with Gasteiger partial charge >= 0.3 is 0 Å². The molecule has 0 aliphatic heterocycles. The lowest BCUT2D eigenvalue weighted by Crippen LogP contribution is -2.05. The zero-order valence-corrected chi connectivity index (χ0v) is 8.74. The molecule has 0 spiro atoms. The highest BCUT2D eigenvalue weighted by molar-refractivity contribution is 5.31. The molecule has 4 heteroatoms. The molecule has 0 saturated heterocycles. The predicted molar refractivity (Wildman–Crippen MR) is 55.4 cm³/mol. The first-order chi connectivity index (χ1) is 7.22. The molecule has 0 aliphatic carbocycles. The van der Waals surface area contributed by atoms with E-state index in [1.807, 2.05) is 13.8 Å². The first-order valence-electron chi connectivity index (χ1n) is 4.88. The van der Waals surface area contributed by atoms with Gasteiger partial charge in [0.25, 0.3) is 0 Å². The van der Waals surface area contributed by atoms with Crippen molar-refractivity contribution >= 4 is 0 Å². The van der Waals surface area contributed by atoms with Gasteiger partial charge in [0.2, 0.25) is 0 Å². The van der Waals surface area contributed by atoms with Gasteiger partial charge < -0.3 is 0 Å². The van der Waals surface area contributed by atoms with Gasteiger partial charge in [-0.2, -0.15) is 5.10 Å². The molecule has 0 aliphatic rings. The van der Waals surface area contributed by atoms with Gasteiger partial charge in [-0.15, -0.1) is 0 Å². The second-order valence-electron chi connectivity index (χ2n) is 3.34. The van der Waals surface area contributed by atoms with Gasteiger partial charge in [0.15, 0.2) is 11.6 Å². The van der Waals surface area contributed by atoms with Gasteiger partial charge in [0.05, 0.1) is 0 Å². The molecule has 0 saturated carbocycles. The van der Waals surface area contributed by atoms with Gasteiger partial charge in [-0.05, 0) is 31.0 Å². The van der Waals surface area contributed by atoms with E-state index in [0.29, 0.717) is 0 Å². The number of aromatic nitrogens is 3. The van der Waals surface area contributed by atoms with Crippen molar-refractivity contribution in [2.45, 2.75) is 20.3 Å². The summed E-state index contributed by atoms with van der Waals surface area (Å²) in [5, 5.41) is 3.96. The second-order valence-corrected chi connectivity index (χ2v) is 3.34. The molecular weight excluding hydrogens is 193 g/mol. The number of pyridine rings is 1. The largest absolute Gasteiger partial charge is 0.231 e. The molecule has 2 rings (SSSR count). The van der Waals surface area contributed by atoms with Crippen molar-refractivity contribution in [3.8, 4) is 5.82 Å². The molecule has 0 unspecified atom stereocenters. The molecule has 2 aromatic heterocycles. The van der Waals surface area contributed by atoms with Crippen LogP contribution in [0.1, 0.15) is 18.2 Å². The minimum absolute atomic E-state index is 0.259. The fourth-order valence-corrected chi connectivity index (χ4v) is 1.52. The summed E-state index contributed by atoms with van der Waals surface area (Å²) >= 11 is 0. The van der Waals surface area contributed by atoms with Crippen LogP contribution in [-0.2, 0) is 6.42 Å². The number of aryl methyl sites for hydroxylation is 2. The zero-order chi connectivity index (χ0) is 10.8.